The minimum atomic E-state index is -0.499. The van der Waals surface area contributed by atoms with E-state index in [1.807, 2.05) is 6.92 Å². The van der Waals surface area contributed by atoms with Crippen LogP contribution >= 0.6 is 0 Å². The molecule has 13 heavy (non-hydrogen) atoms. The molecule has 2 fully saturated rings. The molecule has 2 saturated carbocycles. The van der Waals surface area contributed by atoms with Gasteiger partial charge in [-0.05, 0) is 26.2 Å². The number of hydrogen-bond donors (Lipinski definition) is 1. The van der Waals surface area contributed by atoms with Gasteiger partial charge in [0.1, 0.15) is 0 Å². The van der Waals surface area contributed by atoms with Crippen molar-refractivity contribution in [2.24, 2.45) is 11.3 Å². The summed E-state index contributed by atoms with van der Waals surface area (Å²) in [6.07, 6.45) is 3.01. The molecule has 0 aliphatic heterocycles. The summed E-state index contributed by atoms with van der Waals surface area (Å²) in [6, 6.07) is 0. The van der Waals surface area contributed by atoms with Gasteiger partial charge in [0.05, 0.1) is 11.2 Å². The fraction of sp³-hybridized carbons (Fsp3) is 1.00. The van der Waals surface area contributed by atoms with Crippen LogP contribution in [0.4, 0.5) is 0 Å². The molecule has 0 aromatic rings. The van der Waals surface area contributed by atoms with Crippen LogP contribution in [0.3, 0.4) is 0 Å². The molecule has 0 spiro atoms. The molecule has 0 heterocycles. The van der Waals surface area contributed by atoms with Crippen LogP contribution < -0.4 is 0 Å². The van der Waals surface area contributed by atoms with Gasteiger partial charge in [0.25, 0.3) is 0 Å². The van der Waals surface area contributed by atoms with E-state index in [0.29, 0.717) is 5.92 Å². The minimum Gasteiger partial charge on any atom is -0.390 e. The smallest absolute Gasteiger partial charge is 0.0799 e. The van der Waals surface area contributed by atoms with Crippen molar-refractivity contribution >= 4 is 0 Å². The van der Waals surface area contributed by atoms with E-state index in [9.17, 15) is 5.11 Å². The standard InChI is InChI=1S/C11H20O2/c1-5-9(2)8-10(3,12)6-7-11(8,9)13-4/h8,12H,5-7H2,1-4H3/t8-,9?,10+,11-/m1/s1. The van der Waals surface area contributed by atoms with Crippen LogP contribution in [0.2, 0.25) is 0 Å². The molecule has 0 aromatic carbocycles. The maximum Gasteiger partial charge on any atom is 0.0799 e. The van der Waals surface area contributed by atoms with Crippen LogP contribution in [0.15, 0.2) is 0 Å². The number of fused-ring (bicyclic) bond motifs is 1. The van der Waals surface area contributed by atoms with Gasteiger partial charge in [0.15, 0.2) is 0 Å². The lowest BCUT2D eigenvalue weighted by Gasteiger charge is -2.25. The largest absolute Gasteiger partial charge is 0.390 e. The predicted molar refractivity (Wildman–Crippen MR) is 51.5 cm³/mol. The van der Waals surface area contributed by atoms with Crippen molar-refractivity contribution in [1.29, 1.82) is 0 Å². The first-order chi connectivity index (χ1) is 5.94. The molecule has 2 aliphatic carbocycles. The Morgan fingerprint density at radius 3 is 2.31 bits per heavy atom. The van der Waals surface area contributed by atoms with E-state index in [1.165, 1.54) is 0 Å². The lowest BCUT2D eigenvalue weighted by atomic mass is 9.87. The molecule has 0 saturated heterocycles. The number of rotatable bonds is 2. The van der Waals surface area contributed by atoms with Crippen LogP contribution in [0.5, 0.6) is 0 Å². The fourth-order valence-electron chi connectivity index (χ4n) is 3.88. The predicted octanol–water partition coefficient (Wildman–Crippen LogP) is 1.96. The molecule has 0 radical (unpaired) electrons. The number of ether oxygens (including phenoxy) is 1. The summed E-state index contributed by atoms with van der Waals surface area (Å²) in [5.41, 5.74) is -0.296. The van der Waals surface area contributed by atoms with E-state index in [2.05, 4.69) is 13.8 Å². The Morgan fingerprint density at radius 1 is 1.38 bits per heavy atom. The van der Waals surface area contributed by atoms with Crippen LogP contribution in [-0.4, -0.2) is 23.4 Å². The van der Waals surface area contributed by atoms with Crippen molar-refractivity contribution < 1.29 is 9.84 Å². The Hall–Kier alpha value is -0.0800. The Bertz CT molecular complexity index is 236. The Balaban J connectivity index is 2.31. The van der Waals surface area contributed by atoms with E-state index in [-0.39, 0.29) is 11.0 Å². The van der Waals surface area contributed by atoms with Crippen molar-refractivity contribution in [3.05, 3.63) is 0 Å². The van der Waals surface area contributed by atoms with Crippen LogP contribution in [-0.2, 0) is 4.74 Å². The Kier molecular flexibility index (Phi) is 1.67. The van der Waals surface area contributed by atoms with Gasteiger partial charge in [-0.1, -0.05) is 13.8 Å². The molecule has 4 atom stereocenters. The minimum absolute atomic E-state index is 0.00868. The zero-order valence-electron chi connectivity index (χ0n) is 9.05. The molecule has 2 aliphatic rings. The maximum atomic E-state index is 10.2. The molecule has 0 aromatic heterocycles. The summed E-state index contributed by atoms with van der Waals surface area (Å²) in [7, 11) is 1.79. The third-order valence-electron chi connectivity index (χ3n) is 4.71. The van der Waals surface area contributed by atoms with Gasteiger partial charge in [-0.15, -0.1) is 0 Å². The van der Waals surface area contributed by atoms with Crippen LogP contribution in [0.1, 0.15) is 40.0 Å². The van der Waals surface area contributed by atoms with Crippen LogP contribution in [0, 0.1) is 11.3 Å². The quantitative estimate of drug-likeness (QED) is 0.711. The molecule has 0 bridgehead atoms. The SMILES string of the molecule is CCC1(C)[C@@H]2[C@@](C)(O)CC[C@@]21OC. The monoisotopic (exact) mass is 184 g/mol. The summed E-state index contributed by atoms with van der Waals surface area (Å²) in [5, 5.41) is 10.2. The lowest BCUT2D eigenvalue weighted by Crippen LogP contribution is -2.27. The first-order valence-electron chi connectivity index (χ1n) is 5.22. The fourth-order valence-corrected chi connectivity index (χ4v) is 3.88. The second kappa shape index (κ2) is 2.29. The summed E-state index contributed by atoms with van der Waals surface area (Å²) in [4.78, 5) is 0. The average molecular weight is 184 g/mol. The van der Waals surface area contributed by atoms with Gasteiger partial charge in [-0.3, -0.25) is 0 Å². The molecular formula is C11H20O2. The van der Waals surface area contributed by atoms with E-state index in [0.717, 1.165) is 19.3 Å². The summed E-state index contributed by atoms with van der Waals surface area (Å²) >= 11 is 0. The topological polar surface area (TPSA) is 29.5 Å². The van der Waals surface area contributed by atoms with Gasteiger partial charge < -0.3 is 9.84 Å². The molecule has 0 amide bonds. The average Bonchev–Trinajstić information content (AvgIpc) is 2.51. The van der Waals surface area contributed by atoms with E-state index in [1.54, 1.807) is 7.11 Å². The zero-order valence-corrected chi connectivity index (χ0v) is 9.05. The van der Waals surface area contributed by atoms with Crippen molar-refractivity contribution in [2.75, 3.05) is 7.11 Å². The highest BCUT2D eigenvalue weighted by Gasteiger charge is 2.81. The van der Waals surface area contributed by atoms with Gasteiger partial charge in [0, 0.05) is 18.4 Å². The van der Waals surface area contributed by atoms with Crippen LogP contribution in [0.25, 0.3) is 0 Å². The molecule has 2 heteroatoms. The molecule has 1 unspecified atom stereocenters. The molecule has 2 nitrogen and oxygen atoms in total. The van der Waals surface area contributed by atoms with Crippen molar-refractivity contribution in [3.63, 3.8) is 0 Å². The number of hydrogen-bond acceptors (Lipinski definition) is 2. The summed E-state index contributed by atoms with van der Waals surface area (Å²) in [6.45, 7) is 6.39. The Morgan fingerprint density at radius 2 is 2.00 bits per heavy atom. The maximum absolute atomic E-state index is 10.2. The second-order valence-electron chi connectivity index (χ2n) is 5.15. The Labute approximate surface area is 80.3 Å². The van der Waals surface area contributed by atoms with Crippen molar-refractivity contribution in [2.45, 2.75) is 51.2 Å². The van der Waals surface area contributed by atoms with E-state index in [4.69, 9.17) is 4.74 Å². The number of methoxy groups -OCH3 is 1. The first kappa shape index (κ1) is 9.47. The van der Waals surface area contributed by atoms with Crippen molar-refractivity contribution in [3.8, 4) is 0 Å². The molecule has 2 rings (SSSR count). The second-order valence-corrected chi connectivity index (χ2v) is 5.15. The highest BCUT2D eigenvalue weighted by atomic mass is 16.5. The third kappa shape index (κ3) is 0.816. The summed E-state index contributed by atoms with van der Waals surface area (Å²) < 4.78 is 5.65. The molecule has 1 N–H and O–H groups in total. The van der Waals surface area contributed by atoms with Gasteiger partial charge in [-0.25, -0.2) is 0 Å². The third-order valence-corrected chi connectivity index (χ3v) is 4.71. The normalized spacial score (nSPS) is 59.3. The van der Waals surface area contributed by atoms with E-state index >= 15 is 0 Å². The number of aliphatic hydroxyl groups is 1. The molecule has 76 valence electrons. The van der Waals surface area contributed by atoms with Gasteiger partial charge >= 0.3 is 0 Å². The zero-order chi connectivity index (χ0) is 9.91. The van der Waals surface area contributed by atoms with E-state index < -0.39 is 5.60 Å². The van der Waals surface area contributed by atoms with Gasteiger partial charge in [-0.2, -0.15) is 0 Å². The van der Waals surface area contributed by atoms with Gasteiger partial charge in [0.2, 0.25) is 0 Å². The summed E-state index contributed by atoms with van der Waals surface area (Å²) in [5.74, 6) is 0.350. The highest BCUT2D eigenvalue weighted by molar-refractivity contribution is 5.30. The first-order valence-corrected chi connectivity index (χ1v) is 5.22. The lowest BCUT2D eigenvalue weighted by molar-refractivity contribution is 0.0256. The highest BCUT2D eigenvalue weighted by Crippen LogP contribution is 2.76. The van der Waals surface area contributed by atoms with Crippen molar-refractivity contribution in [1.82, 2.24) is 0 Å². The molecular weight excluding hydrogens is 164 g/mol.